The van der Waals surface area contributed by atoms with Crippen LogP contribution in [0.4, 0.5) is 4.39 Å². The topological polar surface area (TPSA) is 43.7 Å². The molecule has 1 unspecified atom stereocenters. The molecular formula is C16H24FNO2. The van der Waals surface area contributed by atoms with E-state index in [1.54, 1.807) is 12.1 Å². The van der Waals surface area contributed by atoms with Gasteiger partial charge >= 0.3 is 0 Å². The highest BCUT2D eigenvalue weighted by molar-refractivity contribution is 5.18. The van der Waals surface area contributed by atoms with Gasteiger partial charge in [0.25, 0.3) is 0 Å². The van der Waals surface area contributed by atoms with Gasteiger partial charge in [0.1, 0.15) is 5.82 Å². The van der Waals surface area contributed by atoms with Crippen molar-refractivity contribution in [2.45, 2.75) is 44.2 Å². The van der Waals surface area contributed by atoms with Crippen molar-refractivity contribution in [3.8, 4) is 0 Å². The molecule has 0 aromatic heterocycles. The minimum absolute atomic E-state index is 0.145. The van der Waals surface area contributed by atoms with Crippen LogP contribution in [-0.2, 0) is 0 Å². The summed E-state index contributed by atoms with van der Waals surface area (Å²) in [6.07, 6.45) is 4.78. The quantitative estimate of drug-likeness (QED) is 0.807. The molecule has 3 nitrogen and oxygen atoms in total. The van der Waals surface area contributed by atoms with E-state index in [4.69, 9.17) is 5.11 Å². The van der Waals surface area contributed by atoms with E-state index in [1.165, 1.54) is 37.8 Å². The summed E-state index contributed by atoms with van der Waals surface area (Å²) >= 11 is 0. The highest BCUT2D eigenvalue weighted by atomic mass is 19.1. The SMILES string of the molecule is OCCN(CCC(O)c1cccc(F)c1)C1CCCC1. The standard InChI is InChI=1S/C16H24FNO2/c17-14-5-3-4-13(12-14)16(20)8-9-18(10-11-19)15-6-1-2-7-15/h3-5,12,15-16,19-20H,1-2,6-11H2. The first kappa shape index (κ1) is 15.4. The van der Waals surface area contributed by atoms with E-state index < -0.39 is 6.10 Å². The fourth-order valence-electron chi connectivity index (χ4n) is 3.04. The molecule has 0 heterocycles. The van der Waals surface area contributed by atoms with Gasteiger partial charge in [-0.3, -0.25) is 4.90 Å². The molecular weight excluding hydrogens is 257 g/mol. The maximum absolute atomic E-state index is 13.1. The van der Waals surface area contributed by atoms with Crippen LogP contribution in [-0.4, -0.2) is 40.9 Å². The summed E-state index contributed by atoms with van der Waals surface area (Å²) in [5, 5.41) is 19.3. The summed E-state index contributed by atoms with van der Waals surface area (Å²) in [5.41, 5.74) is 0.625. The highest BCUT2D eigenvalue weighted by Gasteiger charge is 2.22. The largest absolute Gasteiger partial charge is 0.395 e. The molecule has 1 atom stereocenters. The Hall–Kier alpha value is -0.970. The third-order valence-electron chi connectivity index (χ3n) is 4.15. The van der Waals surface area contributed by atoms with Crippen LogP contribution < -0.4 is 0 Å². The van der Waals surface area contributed by atoms with Crippen LogP contribution in [0.5, 0.6) is 0 Å². The van der Waals surface area contributed by atoms with Gasteiger partial charge in [-0.25, -0.2) is 4.39 Å². The van der Waals surface area contributed by atoms with Gasteiger partial charge in [-0.05, 0) is 37.0 Å². The lowest BCUT2D eigenvalue weighted by molar-refractivity contribution is 0.108. The van der Waals surface area contributed by atoms with E-state index >= 15 is 0 Å². The van der Waals surface area contributed by atoms with E-state index in [0.29, 0.717) is 24.6 Å². The summed E-state index contributed by atoms with van der Waals surface area (Å²) < 4.78 is 13.1. The van der Waals surface area contributed by atoms with Gasteiger partial charge in [0.05, 0.1) is 12.7 Å². The Morgan fingerprint density at radius 1 is 1.25 bits per heavy atom. The van der Waals surface area contributed by atoms with Crippen LogP contribution in [0.15, 0.2) is 24.3 Å². The molecule has 1 aliphatic carbocycles. The van der Waals surface area contributed by atoms with Gasteiger partial charge in [-0.1, -0.05) is 25.0 Å². The second-order valence-corrected chi connectivity index (χ2v) is 5.56. The second-order valence-electron chi connectivity index (χ2n) is 5.56. The number of rotatable bonds is 7. The third-order valence-corrected chi connectivity index (χ3v) is 4.15. The van der Waals surface area contributed by atoms with Crippen molar-refractivity contribution >= 4 is 0 Å². The van der Waals surface area contributed by atoms with Gasteiger partial charge in [-0.2, -0.15) is 0 Å². The molecule has 1 aromatic rings. The van der Waals surface area contributed by atoms with Crippen molar-refractivity contribution in [1.82, 2.24) is 4.90 Å². The molecule has 0 spiro atoms. The maximum atomic E-state index is 13.1. The Morgan fingerprint density at radius 2 is 2.00 bits per heavy atom. The lowest BCUT2D eigenvalue weighted by Gasteiger charge is -2.29. The normalized spacial score (nSPS) is 17.8. The Balaban J connectivity index is 1.87. The van der Waals surface area contributed by atoms with E-state index in [2.05, 4.69) is 4.90 Å². The van der Waals surface area contributed by atoms with Crippen LogP contribution >= 0.6 is 0 Å². The molecule has 4 heteroatoms. The predicted octanol–water partition coefficient (Wildman–Crippen LogP) is 2.49. The minimum Gasteiger partial charge on any atom is -0.395 e. The van der Waals surface area contributed by atoms with Crippen molar-refractivity contribution in [2.75, 3.05) is 19.7 Å². The van der Waals surface area contributed by atoms with Gasteiger partial charge in [-0.15, -0.1) is 0 Å². The molecule has 0 bridgehead atoms. The second kappa shape index (κ2) is 7.72. The number of hydrogen-bond donors (Lipinski definition) is 2. The average molecular weight is 281 g/mol. The predicted molar refractivity (Wildman–Crippen MR) is 76.9 cm³/mol. The van der Waals surface area contributed by atoms with Crippen LogP contribution in [0.3, 0.4) is 0 Å². The summed E-state index contributed by atoms with van der Waals surface area (Å²) in [4.78, 5) is 2.26. The molecule has 1 fully saturated rings. The summed E-state index contributed by atoms with van der Waals surface area (Å²) in [6.45, 7) is 1.54. The molecule has 0 radical (unpaired) electrons. The number of hydrogen-bond acceptors (Lipinski definition) is 3. The van der Waals surface area contributed by atoms with E-state index in [1.807, 2.05) is 0 Å². The van der Waals surface area contributed by atoms with Gasteiger partial charge in [0.15, 0.2) is 0 Å². The fourth-order valence-corrected chi connectivity index (χ4v) is 3.04. The Labute approximate surface area is 120 Å². The van der Waals surface area contributed by atoms with Crippen molar-refractivity contribution in [2.24, 2.45) is 0 Å². The van der Waals surface area contributed by atoms with E-state index in [0.717, 1.165) is 6.54 Å². The van der Waals surface area contributed by atoms with Crippen molar-refractivity contribution < 1.29 is 14.6 Å². The number of benzene rings is 1. The van der Waals surface area contributed by atoms with Crippen LogP contribution in [0, 0.1) is 5.82 Å². The number of halogens is 1. The first-order valence-electron chi connectivity index (χ1n) is 7.49. The van der Waals surface area contributed by atoms with Crippen molar-refractivity contribution in [3.05, 3.63) is 35.6 Å². The maximum Gasteiger partial charge on any atom is 0.123 e. The molecule has 0 aliphatic heterocycles. The third kappa shape index (κ3) is 4.27. The van der Waals surface area contributed by atoms with Crippen LogP contribution in [0.25, 0.3) is 0 Å². The molecule has 0 saturated heterocycles. The zero-order valence-electron chi connectivity index (χ0n) is 11.8. The van der Waals surface area contributed by atoms with Crippen molar-refractivity contribution in [3.63, 3.8) is 0 Å². The number of nitrogens with zero attached hydrogens (tertiary/aromatic N) is 1. The summed E-state index contributed by atoms with van der Waals surface area (Å²) in [5.74, 6) is -0.315. The molecule has 2 rings (SSSR count). The molecule has 0 amide bonds. The van der Waals surface area contributed by atoms with Gasteiger partial charge < -0.3 is 10.2 Å². The molecule has 112 valence electrons. The first-order chi connectivity index (χ1) is 9.70. The summed E-state index contributed by atoms with van der Waals surface area (Å²) in [6, 6.07) is 6.67. The Bertz CT molecular complexity index is 407. The van der Waals surface area contributed by atoms with Gasteiger partial charge in [0, 0.05) is 19.1 Å². The van der Waals surface area contributed by atoms with E-state index in [-0.39, 0.29) is 12.4 Å². The van der Waals surface area contributed by atoms with Crippen LogP contribution in [0.2, 0.25) is 0 Å². The zero-order chi connectivity index (χ0) is 14.4. The summed E-state index contributed by atoms with van der Waals surface area (Å²) in [7, 11) is 0. The fraction of sp³-hybridized carbons (Fsp3) is 0.625. The van der Waals surface area contributed by atoms with Gasteiger partial charge in [0.2, 0.25) is 0 Å². The minimum atomic E-state index is -0.645. The monoisotopic (exact) mass is 281 g/mol. The lowest BCUT2D eigenvalue weighted by atomic mass is 10.1. The first-order valence-corrected chi connectivity index (χ1v) is 7.49. The molecule has 1 aromatic carbocycles. The zero-order valence-corrected chi connectivity index (χ0v) is 11.8. The van der Waals surface area contributed by atoms with E-state index in [9.17, 15) is 9.50 Å². The lowest BCUT2D eigenvalue weighted by Crippen LogP contribution is -2.37. The highest BCUT2D eigenvalue weighted by Crippen LogP contribution is 2.25. The molecule has 20 heavy (non-hydrogen) atoms. The molecule has 1 aliphatic rings. The smallest absolute Gasteiger partial charge is 0.123 e. The molecule has 2 N–H and O–H groups in total. The number of aliphatic hydroxyl groups excluding tert-OH is 2. The Kier molecular flexibility index (Phi) is 5.95. The molecule has 1 saturated carbocycles. The Morgan fingerprint density at radius 3 is 2.65 bits per heavy atom. The average Bonchev–Trinajstić information content (AvgIpc) is 2.97. The van der Waals surface area contributed by atoms with Crippen LogP contribution in [0.1, 0.15) is 43.8 Å². The number of aliphatic hydroxyl groups is 2. The van der Waals surface area contributed by atoms with Crippen molar-refractivity contribution in [1.29, 1.82) is 0 Å².